The molecule has 0 amide bonds. The number of halogens is 1. The molecule has 76 valence electrons. The lowest BCUT2D eigenvalue weighted by Gasteiger charge is -2.05. The van der Waals surface area contributed by atoms with E-state index in [0.29, 0.717) is 12.1 Å². The second-order valence-corrected chi connectivity index (χ2v) is 2.68. The fourth-order valence-electron chi connectivity index (χ4n) is 1.04. The maximum Gasteiger partial charge on any atom is 0.161 e. The summed E-state index contributed by atoms with van der Waals surface area (Å²) in [6.45, 7) is 0.336. The molecule has 1 aromatic carbocycles. The van der Waals surface area contributed by atoms with Gasteiger partial charge in [0.2, 0.25) is 0 Å². The van der Waals surface area contributed by atoms with E-state index in [9.17, 15) is 9.50 Å². The maximum atomic E-state index is 13.2. The van der Waals surface area contributed by atoms with Crippen LogP contribution in [-0.2, 0) is 0 Å². The first-order valence-electron chi connectivity index (χ1n) is 4.12. The molecule has 0 heterocycles. The van der Waals surface area contributed by atoms with Crippen LogP contribution in [-0.4, -0.2) is 18.8 Å². The largest absolute Gasteiger partial charge is 0.504 e. The molecule has 0 radical (unpaired) electrons. The number of nitrogens with two attached hydrogens (primary N) is 1. The van der Waals surface area contributed by atoms with Gasteiger partial charge in [0.05, 0.1) is 7.11 Å². The first-order valence-corrected chi connectivity index (χ1v) is 4.12. The minimum absolute atomic E-state index is 0.213. The second kappa shape index (κ2) is 4.62. The van der Waals surface area contributed by atoms with E-state index in [1.807, 2.05) is 0 Å². The Hall–Kier alpha value is -1.55. The van der Waals surface area contributed by atoms with E-state index in [0.717, 1.165) is 6.07 Å². The van der Waals surface area contributed by atoms with Gasteiger partial charge in [-0.25, -0.2) is 4.39 Å². The summed E-state index contributed by atoms with van der Waals surface area (Å²) >= 11 is 0. The summed E-state index contributed by atoms with van der Waals surface area (Å²) in [7, 11) is 1.41. The number of rotatable bonds is 3. The monoisotopic (exact) mass is 197 g/mol. The molecular weight excluding hydrogens is 185 g/mol. The average Bonchev–Trinajstić information content (AvgIpc) is 2.17. The Morgan fingerprint density at radius 1 is 1.57 bits per heavy atom. The van der Waals surface area contributed by atoms with E-state index in [4.69, 9.17) is 10.5 Å². The van der Waals surface area contributed by atoms with E-state index >= 15 is 0 Å². The molecule has 3 nitrogen and oxygen atoms in total. The van der Waals surface area contributed by atoms with Gasteiger partial charge in [-0.05, 0) is 6.07 Å². The highest BCUT2D eigenvalue weighted by molar-refractivity contribution is 5.56. The zero-order chi connectivity index (χ0) is 10.6. The predicted octanol–water partition coefficient (Wildman–Crippen LogP) is 1.51. The highest BCUT2D eigenvalue weighted by Gasteiger charge is 2.06. The second-order valence-electron chi connectivity index (χ2n) is 2.68. The van der Waals surface area contributed by atoms with Gasteiger partial charge in [0.25, 0.3) is 0 Å². The Labute approximate surface area is 81.6 Å². The van der Waals surface area contributed by atoms with Crippen LogP contribution in [0.1, 0.15) is 5.56 Å². The smallest absolute Gasteiger partial charge is 0.161 e. The van der Waals surface area contributed by atoms with Crippen molar-refractivity contribution in [3.8, 4) is 11.5 Å². The normalized spacial score (nSPS) is 10.8. The van der Waals surface area contributed by atoms with Gasteiger partial charge in [-0.1, -0.05) is 12.2 Å². The number of phenolic OH excluding ortho intramolecular Hbond substituents is 1. The van der Waals surface area contributed by atoms with Crippen molar-refractivity contribution in [3.05, 3.63) is 29.6 Å². The fraction of sp³-hybridized carbons (Fsp3) is 0.200. The Balaban J connectivity index is 3.10. The van der Waals surface area contributed by atoms with Crippen molar-refractivity contribution in [1.82, 2.24) is 0 Å². The van der Waals surface area contributed by atoms with Gasteiger partial charge in [0, 0.05) is 18.2 Å². The van der Waals surface area contributed by atoms with Crippen LogP contribution in [0.2, 0.25) is 0 Å². The minimum atomic E-state index is -0.506. The first-order chi connectivity index (χ1) is 6.69. The van der Waals surface area contributed by atoms with Crippen molar-refractivity contribution in [2.75, 3.05) is 13.7 Å². The predicted molar refractivity (Wildman–Crippen MR) is 52.7 cm³/mol. The van der Waals surface area contributed by atoms with E-state index in [-0.39, 0.29) is 11.5 Å². The lowest BCUT2D eigenvalue weighted by atomic mass is 10.1. The Morgan fingerprint density at radius 2 is 2.29 bits per heavy atom. The third-order valence-corrected chi connectivity index (χ3v) is 1.73. The fourth-order valence-corrected chi connectivity index (χ4v) is 1.04. The first kappa shape index (κ1) is 10.5. The van der Waals surface area contributed by atoms with Crippen LogP contribution in [0.25, 0.3) is 6.08 Å². The average molecular weight is 197 g/mol. The molecule has 0 bridgehead atoms. The van der Waals surface area contributed by atoms with E-state index in [2.05, 4.69) is 0 Å². The molecule has 0 fully saturated rings. The molecule has 0 atom stereocenters. The summed E-state index contributed by atoms with van der Waals surface area (Å²) in [6.07, 6.45) is 3.16. The van der Waals surface area contributed by atoms with Gasteiger partial charge in [-0.3, -0.25) is 0 Å². The zero-order valence-electron chi connectivity index (χ0n) is 7.83. The van der Waals surface area contributed by atoms with Gasteiger partial charge in [0.15, 0.2) is 11.5 Å². The summed E-state index contributed by atoms with van der Waals surface area (Å²) in [4.78, 5) is 0. The highest BCUT2D eigenvalue weighted by atomic mass is 19.1. The SMILES string of the molecule is COc1cc(/C=C/CN)c(F)cc1O. The van der Waals surface area contributed by atoms with Crippen molar-refractivity contribution in [2.45, 2.75) is 0 Å². The van der Waals surface area contributed by atoms with Crippen LogP contribution in [0.15, 0.2) is 18.2 Å². The molecule has 0 spiro atoms. The maximum absolute atomic E-state index is 13.2. The Bertz CT molecular complexity index is 350. The number of methoxy groups -OCH3 is 1. The van der Waals surface area contributed by atoms with E-state index in [1.165, 1.54) is 19.3 Å². The van der Waals surface area contributed by atoms with Crippen LogP contribution in [0.5, 0.6) is 11.5 Å². The van der Waals surface area contributed by atoms with Crippen LogP contribution < -0.4 is 10.5 Å². The van der Waals surface area contributed by atoms with Crippen molar-refractivity contribution in [1.29, 1.82) is 0 Å². The molecule has 0 saturated carbocycles. The molecule has 1 aromatic rings. The highest BCUT2D eigenvalue weighted by Crippen LogP contribution is 2.29. The van der Waals surface area contributed by atoms with Gasteiger partial charge < -0.3 is 15.6 Å². The van der Waals surface area contributed by atoms with Crippen LogP contribution >= 0.6 is 0 Å². The number of aromatic hydroxyl groups is 1. The summed E-state index contributed by atoms with van der Waals surface area (Å²) in [5.74, 6) is -0.481. The van der Waals surface area contributed by atoms with Crippen molar-refractivity contribution >= 4 is 6.08 Å². The van der Waals surface area contributed by atoms with Crippen LogP contribution in [0, 0.1) is 5.82 Å². The molecule has 0 aromatic heterocycles. The van der Waals surface area contributed by atoms with Gasteiger partial charge in [-0.15, -0.1) is 0 Å². The van der Waals surface area contributed by atoms with Crippen molar-refractivity contribution in [3.63, 3.8) is 0 Å². The molecule has 0 aliphatic rings. The summed E-state index contributed by atoms with van der Waals surface area (Å²) < 4.78 is 18.0. The third-order valence-electron chi connectivity index (χ3n) is 1.73. The molecule has 0 unspecified atom stereocenters. The molecule has 14 heavy (non-hydrogen) atoms. The van der Waals surface area contributed by atoms with E-state index in [1.54, 1.807) is 6.08 Å². The minimum Gasteiger partial charge on any atom is -0.504 e. The lowest BCUT2D eigenvalue weighted by molar-refractivity contribution is 0.370. The van der Waals surface area contributed by atoms with Crippen LogP contribution in [0.3, 0.4) is 0 Å². The lowest BCUT2D eigenvalue weighted by Crippen LogP contribution is -1.93. The molecule has 0 saturated heterocycles. The number of benzene rings is 1. The summed E-state index contributed by atoms with van der Waals surface area (Å²) in [6, 6.07) is 2.42. The van der Waals surface area contributed by atoms with Gasteiger partial charge in [-0.2, -0.15) is 0 Å². The zero-order valence-corrected chi connectivity index (χ0v) is 7.83. The number of phenols is 1. The Morgan fingerprint density at radius 3 is 2.86 bits per heavy atom. The van der Waals surface area contributed by atoms with Crippen molar-refractivity contribution < 1.29 is 14.2 Å². The third kappa shape index (κ3) is 2.23. The summed E-state index contributed by atoms with van der Waals surface area (Å²) in [5.41, 5.74) is 5.58. The standard InChI is InChI=1S/C10H12FNO2/c1-14-10-5-7(3-2-4-12)8(11)6-9(10)13/h2-3,5-6,13H,4,12H2,1H3/b3-2+. The molecule has 4 heteroatoms. The van der Waals surface area contributed by atoms with Gasteiger partial charge in [0.1, 0.15) is 5.82 Å². The van der Waals surface area contributed by atoms with Crippen LogP contribution in [0.4, 0.5) is 4.39 Å². The van der Waals surface area contributed by atoms with Crippen molar-refractivity contribution in [2.24, 2.45) is 5.73 Å². The molecule has 3 N–H and O–H groups in total. The van der Waals surface area contributed by atoms with Gasteiger partial charge >= 0.3 is 0 Å². The molecule has 0 aliphatic heterocycles. The number of hydrogen-bond donors (Lipinski definition) is 2. The van der Waals surface area contributed by atoms with E-state index < -0.39 is 5.82 Å². The molecule has 1 rings (SSSR count). The number of hydrogen-bond acceptors (Lipinski definition) is 3. The molecule has 0 aliphatic carbocycles. The summed E-state index contributed by atoms with van der Waals surface area (Å²) in [5, 5.41) is 9.23. The quantitative estimate of drug-likeness (QED) is 0.772. The Kier molecular flexibility index (Phi) is 3.48. The number of ether oxygens (including phenoxy) is 1. The molecular formula is C10H12FNO2. The topological polar surface area (TPSA) is 55.5 Å².